The molecule has 0 atom stereocenters. The maximum Gasteiger partial charge on any atom is 0.345 e. The Labute approximate surface area is 125 Å². The fraction of sp³-hybridized carbons (Fsp3) is 0.545. The predicted molar refractivity (Wildman–Crippen MR) is 78.3 cm³/mol. The minimum Gasteiger partial charge on any atom is -0.477 e. The zero-order valence-corrected chi connectivity index (χ0v) is 14.1. The van der Waals surface area contributed by atoms with E-state index in [1.807, 2.05) is 6.92 Å². The van der Waals surface area contributed by atoms with Gasteiger partial charge in [-0.3, -0.25) is 0 Å². The number of carboxylic acid groups (broad SMARTS) is 1. The highest BCUT2D eigenvalue weighted by Crippen LogP contribution is 2.34. The maximum absolute atomic E-state index is 12.5. The third-order valence-corrected chi connectivity index (χ3v) is 6.79. The molecule has 1 N–H and O–H groups in total. The SMILES string of the molecule is CCCN(C(C)C)S(=O)(=O)c1cc(C(=O)O)sc1Br. The molecular weight excluding hydrogens is 354 g/mol. The summed E-state index contributed by atoms with van der Waals surface area (Å²) in [4.78, 5) is 10.9. The van der Waals surface area contributed by atoms with Gasteiger partial charge in [0, 0.05) is 12.6 Å². The lowest BCUT2D eigenvalue weighted by Gasteiger charge is -2.25. The number of halogens is 1. The van der Waals surface area contributed by atoms with E-state index in [1.54, 1.807) is 13.8 Å². The Kier molecular flexibility index (Phi) is 5.54. The first-order chi connectivity index (χ1) is 8.71. The second-order valence-corrected chi connectivity index (χ2v) is 8.49. The molecule has 0 unspecified atom stereocenters. The van der Waals surface area contributed by atoms with Gasteiger partial charge in [-0.2, -0.15) is 4.31 Å². The van der Waals surface area contributed by atoms with E-state index in [2.05, 4.69) is 15.9 Å². The van der Waals surface area contributed by atoms with Gasteiger partial charge in [-0.15, -0.1) is 11.3 Å². The standard InChI is InChI=1S/C11H16BrNO4S2/c1-4-5-13(7(2)3)19(16,17)9-6-8(11(14)15)18-10(9)12/h6-7H,4-5H2,1-3H3,(H,14,15). The summed E-state index contributed by atoms with van der Waals surface area (Å²) in [6, 6.07) is 1.03. The number of hydrogen-bond acceptors (Lipinski definition) is 4. The summed E-state index contributed by atoms with van der Waals surface area (Å²) in [5.41, 5.74) is 0. The predicted octanol–water partition coefficient (Wildman–Crippen LogP) is 3.02. The fourth-order valence-electron chi connectivity index (χ4n) is 1.64. The Morgan fingerprint density at radius 1 is 1.53 bits per heavy atom. The lowest BCUT2D eigenvalue weighted by atomic mass is 10.4. The molecule has 8 heteroatoms. The third-order valence-electron chi connectivity index (χ3n) is 2.47. The maximum atomic E-state index is 12.5. The zero-order valence-electron chi connectivity index (χ0n) is 10.9. The van der Waals surface area contributed by atoms with Crippen molar-refractivity contribution in [2.75, 3.05) is 6.54 Å². The van der Waals surface area contributed by atoms with Crippen molar-refractivity contribution in [3.63, 3.8) is 0 Å². The van der Waals surface area contributed by atoms with Gasteiger partial charge >= 0.3 is 5.97 Å². The topological polar surface area (TPSA) is 74.7 Å². The number of nitrogens with zero attached hydrogens (tertiary/aromatic N) is 1. The van der Waals surface area contributed by atoms with E-state index in [1.165, 1.54) is 10.4 Å². The molecule has 19 heavy (non-hydrogen) atoms. The summed E-state index contributed by atoms with van der Waals surface area (Å²) >= 11 is 4.05. The number of rotatable bonds is 6. The molecule has 0 aliphatic heterocycles. The van der Waals surface area contributed by atoms with Gasteiger partial charge < -0.3 is 5.11 Å². The minimum atomic E-state index is -3.67. The van der Waals surface area contributed by atoms with E-state index in [4.69, 9.17) is 5.11 Å². The summed E-state index contributed by atoms with van der Waals surface area (Å²) < 4.78 is 26.8. The number of thiophene rings is 1. The molecule has 5 nitrogen and oxygen atoms in total. The lowest BCUT2D eigenvalue weighted by Crippen LogP contribution is -2.37. The summed E-state index contributed by atoms with van der Waals surface area (Å²) in [7, 11) is -3.67. The highest BCUT2D eigenvalue weighted by molar-refractivity contribution is 9.11. The van der Waals surface area contributed by atoms with Crippen molar-refractivity contribution >= 4 is 43.3 Å². The summed E-state index contributed by atoms with van der Waals surface area (Å²) in [5, 5.41) is 8.92. The average Bonchev–Trinajstić information content (AvgIpc) is 2.68. The van der Waals surface area contributed by atoms with E-state index in [0.29, 0.717) is 16.8 Å². The number of carboxylic acids is 1. The van der Waals surface area contributed by atoms with E-state index < -0.39 is 16.0 Å². The van der Waals surface area contributed by atoms with Crippen LogP contribution in [0, 0.1) is 0 Å². The minimum absolute atomic E-state index is 0.00524. The van der Waals surface area contributed by atoms with Crippen molar-refractivity contribution in [3.05, 3.63) is 14.7 Å². The van der Waals surface area contributed by atoms with Crippen LogP contribution in [0.15, 0.2) is 14.7 Å². The second-order valence-electron chi connectivity index (χ2n) is 4.26. The Hall–Kier alpha value is -0.440. The van der Waals surface area contributed by atoms with Crippen LogP contribution in [0.1, 0.15) is 36.9 Å². The van der Waals surface area contributed by atoms with Gasteiger partial charge in [-0.25, -0.2) is 13.2 Å². The summed E-state index contributed by atoms with van der Waals surface area (Å²) in [6.07, 6.45) is 0.699. The second kappa shape index (κ2) is 6.34. The van der Waals surface area contributed by atoms with Crippen molar-refractivity contribution in [2.45, 2.75) is 38.1 Å². The Morgan fingerprint density at radius 2 is 2.11 bits per heavy atom. The zero-order chi connectivity index (χ0) is 14.8. The molecule has 0 bridgehead atoms. The van der Waals surface area contributed by atoms with Crippen molar-refractivity contribution < 1.29 is 18.3 Å². The van der Waals surface area contributed by atoms with Gasteiger partial charge in [-0.05, 0) is 42.3 Å². The van der Waals surface area contributed by atoms with E-state index in [0.717, 1.165) is 11.3 Å². The van der Waals surface area contributed by atoms with Crippen molar-refractivity contribution in [2.24, 2.45) is 0 Å². The number of carbonyl (C=O) groups is 1. The first kappa shape index (κ1) is 16.6. The molecule has 0 aromatic carbocycles. The van der Waals surface area contributed by atoms with Crippen LogP contribution in [0.3, 0.4) is 0 Å². The van der Waals surface area contributed by atoms with E-state index in [9.17, 15) is 13.2 Å². The van der Waals surface area contributed by atoms with Crippen LogP contribution in [-0.2, 0) is 10.0 Å². The van der Waals surface area contributed by atoms with Gasteiger partial charge in [0.1, 0.15) is 9.77 Å². The van der Waals surface area contributed by atoms with Crippen LogP contribution >= 0.6 is 27.3 Å². The van der Waals surface area contributed by atoms with Crippen molar-refractivity contribution in [1.29, 1.82) is 0 Å². The highest BCUT2D eigenvalue weighted by Gasteiger charge is 2.30. The molecule has 0 saturated heterocycles. The molecule has 0 fully saturated rings. The van der Waals surface area contributed by atoms with Crippen LogP contribution in [0.4, 0.5) is 0 Å². The van der Waals surface area contributed by atoms with Crippen LogP contribution < -0.4 is 0 Å². The number of sulfonamides is 1. The summed E-state index contributed by atoms with van der Waals surface area (Å²) in [5.74, 6) is -1.13. The van der Waals surface area contributed by atoms with Gasteiger partial charge in [0.15, 0.2) is 0 Å². The smallest absolute Gasteiger partial charge is 0.345 e. The Balaban J connectivity index is 3.29. The molecule has 108 valence electrons. The Bertz CT molecular complexity index is 565. The molecule has 1 aromatic rings. The molecule has 0 aliphatic carbocycles. The van der Waals surface area contributed by atoms with Crippen molar-refractivity contribution in [1.82, 2.24) is 4.31 Å². The largest absolute Gasteiger partial charge is 0.477 e. The quantitative estimate of drug-likeness (QED) is 0.835. The Morgan fingerprint density at radius 3 is 2.47 bits per heavy atom. The fourth-order valence-corrected chi connectivity index (χ4v) is 5.72. The van der Waals surface area contributed by atoms with Crippen LogP contribution in [0.5, 0.6) is 0 Å². The molecule has 0 aliphatic rings. The van der Waals surface area contributed by atoms with Crippen LogP contribution in [-0.4, -0.2) is 36.4 Å². The highest BCUT2D eigenvalue weighted by atomic mass is 79.9. The monoisotopic (exact) mass is 369 g/mol. The molecule has 0 radical (unpaired) electrons. The molecule has 0 spiro atoms. The molecule has 1 heterocycles. The van der Waals surface area contributed by atoms with Gasteiger partial charge in [0.2, 0.25) is 10.0 Å². The molecule has 0 amide bonds. The van der Waals surface area contributed by atoms with Gasteiger partial charge in [0.25, 0.3) is 0 Å². The summed E-state index contributed by atoms with van der Waals surface area (Å²) in [6.45, 7) is 5.90. The van der Waals surface area contributed by atoms with E-state index >= 15 is 0 Å². The van der Waals surface area contributed by atoms with E-state index in [-0.39, 0.29) is 15.8 Å². The van der Waals surface area contributed by atoms with Gasteiger partial charge in [-0.1, -0.05) is 6.92 Å². The first-order valence-corrected chi connectivity index (χ1v) is 8.81. The normalized spacial score (nSPS) is 12.3. The lowest BCUT2D eigenvalue weighted by molar-refractivity contribution is 0.0702. The first-order valence-electron chi connectivity index (χ1n) is 5.76. The third kappa shape index (κ3) is 3.56. The molecule has 1 rings (SSSR count). The van der Waals surface area contributed by atoms with Crippen LogP contribution in [0.25, 0.3) is 0 Å². The number of aromatic carboxylic acids is 1. The molecular formula is C11H16BrNO4S2. The van der Waals surface area contributed by atoms with Crippen molar-refractivity contribution in [3.8, 4) is 0 Å². The molecule has 0 saturated carbocycles. The average molecular weight is 370 g/mol. The number of hydrogen-bond donors (Lipinski definition) is 1. The molecule has 1 aromatic heterocycles. The van der Waals surface area contributed by atoms with Crippen LogP contribution in [0.2, 0.25) is 0 Å². The van der Waals surface area contributed by atoms with Gasteiger partial charge in [0.05, 0.1) is 3.79 Å².